The van der Waals surface area contributed by atoms with Crippen LogP contribution in [0.25, 0.3) is 0 Å². The number of benzene rings is 1. The highest BCUT2D eigenvalue weighted by molar-refractivity contribution is 7.80. The summed E-state index contributed by atoms with van der Waals surface area (Å²) >= 11 is 5.13. The number of anilines is 1. The van der Waals surface area contributed by atoms with Crippen molar-refractivity contribution in [1.82, 2.24) is 10.3 Å². The number of carbonyl (C=O) groups excluding carboxylic acids is 1. The second kappa shape index (κ2) is 7.37. The monoisotopic (exact) mass is 317 g/mol. The van der Waals surface area contributed by atoms with Crippen LogP contribution in [0.4, 0.5) is 5.69 Å². The number of nitrogens with one attached hydrogen (secondary N) is 2. The van der Waals surface area contributed by atoms with Gasteiger partial charge in [-0.25, -0.2) is 0 Å². The maximum Gasteiger partial charge on any atom is 0.258 e. The van der Waals surface area contributed by atoms with Crippen molar-refractivity contribution < 1.29 is 14.3 Å². The van der Waals surface area contributed by atoms with E-state index < -0.39 is 0 Å². The van der Waals surface area contributed by atoms with E-state index in [-0.39, 0.29) is 11.0 Å². The first-order chi connectivity index (χ1) is 10.6. The molecule has 1 aromatic carbocycles. The fourth-order valence-electron chi connectivity index (χ4n) is 1.71. The lowest BCUT2D eigenvalue weighted by Crippen LogP contribution is -2.34. The fourth-order valence-corrected chi connectivity index (χ4v) is 1.92. The third-order valence-electron chi connectivity index (χ3n) is 2.76. The second-order valence-electron chi connectivity index (χ2n) is 4.25. The number of carbonyl (C=O) groups is 1. The fraction of sp³-hybridized carbons (Fsp3) is 0.133. The van der Waals surface area contributed by atoms with E-state index in [1.807, 2.05) is 0 Å². The normalized spacial score (nSPS) is 9.73. The standard InChI is InChI=1S/C15H15N3O3S/c1-20-12-6-11(7-13(8-12)21-2)17-15(22)18-14(19)10-4-3-5-16-9-10/h3-9H,1-2H3,(H2,17,18,19,22). The molecule has 22 heavy (non-hydrogen) atoms. The summed E-state index contributed by atoms with van der Waals surface area (Å²) in [5.41, 5.74) is 1.07. The van der Waals surface area contributed by atoms with Crippen LogP contribution >= 0.6 is 12.2 Å². The van der Waals surface area contributed by atoms with Crippen LogP contribution in [0, 0.1) is 0 Å². The van der Waals surface area contributed by atoms with Crippen LogP contribution in [-0.4, -0.2) is 30.2 Å². The van der Waals surface area contributed by atoms with E-state index in [1.54, 1.807) is 50.7 Å². The van der Waals surface area contributed by atoms with E-state index in [0.717, 1.165) is 0 Å². The van der Waals surface area contributed by atoms with Crippen LogP contribution < -0.4 is 20.1 Å². The van der Waals surface area contributed by atoms with Crippen LogP contribution in [0.2, 0.25) is 0 Å². The van der Waals surface area contributed by atoms with Crippen molar-refractivity contribution >= 4 is 28.9 Å². The molecule has 0 saturated heterocycles. The van der Waals surface area contributed by atoms with E-state index in [1.165, 1.54) is 6.20 Å². The third-order valence-corrected chi connectivity index (χ3v) is 2.96. The summed E-state index contributed by atoms with van der Waals surface area (Å²) in [6.07, 6.45) is 3.06. The highest BCUT2D eigenvalue weighted by atomic mass is 32.1. The van der Waals surface area contributed by atoms with Gasteiger partial charge in [0.1, 0.15) is 11.5 Å². The SMILES string of the molecule is COc1cc(NC(=S)NC(=O)c2cccnc2)cc(OC)c1. The summed E-state index contributed by atoms with van der Waals surface area (Å²) < 4.78 is 10.3. The Kier molecular flexibility index (Phi) is 5.26. The molecule has 114 valence electrons. The Hall–Kier alpha value is -2.67. The van der Waals surface area contributed by atoms with Crippen molar-refractivity contribution in [2.75, 3.05) is 19.5 Å². The quantitative estimate of drug-likeness (QED) is 0.843. The molecule has 0 unspecified atom stereocenters. The molecule has 0 atom stereocenters. The predicted molar refractivity (Wildman–Crippen MR) is 87.5 cm³/mol. The summed E-state index contributed by atoms with van der Waals surface area (Å²) in [4.78, 5) is 15.8. The zero-order valence-electron chi connectivity index (χ0n) is 12.1. The number of pyridine rings is 1. The van der Waals surface area contributed by atoms with E-state index >= 15 is 0 Å². The molecule has 1 aromatic heterocycles. The van der Waals surface area contributed by atoms with E-state index in [4.69, 9.17) is 21.7 Å². The minimum atomic E-state index is -0.333. The Morgan fingerprint density at radius 3 is 2.41 bits per heavy atom. The van der Waals surface area contributed by atoms with Gasteiger partial charge in [0.25, 0.3) is 5.91 Å². The molecule has 2 rings (SSSR count). The number of nitrogens with zero attached hydrogens (tertiary/aromatic N) is 1. The molecule has 1 amide bonds. The zero-order chi connectivity index (χ0) is 15.9. The van der Waals surface area contributed by atoms with Crippen LogP contribution in [-0.2, 0) is 0 Å². The average molecular weight is 317 g/mol. The van der Waals surface area contributed by atoms with Crippen molar-refractivity contribution in [3.05, 3.63) is 48.3 Å². The largest absolute Gasteiger partial charge is 0.497 e. The van der Waals surface area contributed by atoms with Crippen molar-refractivity contribution in [3.8, 4) is 11.5 Å². The molecule has 0 fully saturated rings. The number of hydrogen-bond donors (Lipinski definition) is 2. The van der Waals surface area contributed by atoms with Crippen molar-refractivity contribution in [2.24, 2.45) is 0 Å². The van der Waals surface area contributed by atoms with Gasteiger partial charge in [-0.2, -0.15) is 0 Å². The lowest BCUT2D eigenvalue weighted by Gasteiger charge is -2.12. The molecule has 1 heterocycles. The number of ether oxygens (including phenoxy) is 2. The minimum Gasteiger partial charge on any atom is -0.497 e. The molecular formula is C15H15N3O3S. The Balaban J connectivity index is 2.04. The van der Waals surface area contributed by atoms with Crippen molar-refractivity contribution in [1.29, 1.82) is 0 Å². The number of amides is 1. The maximum absolute atomic E-state index is 12.0. The first kappa shape index (κ1) is 15.7. The highest BCUT2D eigenvalue weighted by Crippen LogP contribution is 2.25. The summed E-state index contributed by atoms with van der Waals surface area (Å²) in [5, 5.41) is 5.66. The zero-order valence-corrected chi connectivity index (χ0v) is 12.9. The third kappa shape index (κ3) is 4.16. The minimum absolute atomic E-state index is 0.171. The first-order valence-corrected chi connectivity index (χ1v) is 6.78. The van der Waals surface area contributed by atoms with Gasteiger partial charge in [0.05, 0.1) is 19.8 Å². The summed E-state index contributed by atoms with van der Waals surface area (Å²) in [6, 6.07) is 8.55. The Morgan fingerprint density at radius 1 is 1.18 bits per heavy atom. The predicted octanol–water partition coefficient (Wildman–Crippen LogP) is 2.23. The van der Waals surface area contributed by atoms with Crippen molar-refractivity contribution in [2.45, 2.75) is 0 Å². The number of methoxy groups -OCH3 is 2. The molecule has 0 aliphatic carbocycles. The van der Waals surface area contributed by atoms with Crippen molar-refractivity contribution in [3.63, 3.8) is 0 Å². The molecule has 6 nitrogen and oxygen atoms in total. The number of thiocarbonyl (C=S) groups is 1. The van der Waals surface area contributed by atoms with Gasteiger partial charge in [-0.05, 0) is 24.4 Å². The lowest BCUT2D eigenvalue weighted by molar-refractivity contribution is 0.0977. The van der Waals surface area contributed by atoms with Crippen LogP contribution in [0.15, 0.2) is 42.7 Å². The smallest absolute Gasteiger partial charge is 0.258 e. The first-order valence-electron chi connectivity index (χ1n) is 6.38. The number of aromatic nitrogens is 1. The van der Waals surface area contributed by atoms with Gasteiger partial charge in [-0.15, -0.1) is 0 Å². The van der Waals surface area contributed by atoms with Gasteiger partial charge in [0.15, 0.2) is 5.11 Å². The Labute approximate surface area is 133 Å². The molecule has 0 radical (unpaired) electrons. The lowest BCUT2D eigenvalue weighted by atomic mass is 10.2. The molecule has 7 heteroatoms. The van der Waals surface area contributed by atoms with Gasteiger partial charge in [0.2, 0.25) is 0 Å². The summed E-state index contributed by atoms with van der Waals surface area (Å²) in [7, 11) is 3.11. The highest BCUT2D eigenvalue weighted by Gasteiger charge is 2.09. The van der Waals surface area contributed by atoms with E-state index in [9.17, 15) is 4.79 Å². The number of hydrogen-bond acceptors (Lipinski definition) is 5. The van der Waals surface area contributed by atoms with E-state index in [2.05, 4.69) is 15.6 Å². The topological polar surface area (TPSA) is 72.5 Å². The molecule has 0 bridgehead atoms. The van der Waals surface area contributed by atoms with E-state index in [0.29, 0.717) is 22.7 Å². The Morgan fingerprint density at radius 2 is 1.86 bits per heavy atom. The maximum atomic E-state index is 12.0. The average Bonchev–Trinajstić information content (AvgIpc) is 2.55. The molecule has 2 N–H and O–H groups in total. The molecule has 0 aliphatic heterocycles. The molecule has 0 spiro atoms. The molecule has 0 aliphatic rings. The van der Waals surface area contributed by atoms with Crippen LogP contribution in [0.1, 0.15) is 10.4 Å². The number of rotatable bonds is 4. The molecule has 0 saturated carbocycles. The molecule has 2 aromatic rings. The van der Waals surface area contributed by atoms with Gasteiger partial charge < -0.3 is 14.8 Å². The van der Waals surface area contributed by atoms with Gasteiger partial charge in [-0.1, -0.05) is 0 Å². The summed E-state index contributed by atoms with van der Waals surface area (Å²) in [6.45, 7) is 0. The van der Waals surface area contributed by atoms with Crippen LogP contribution in [0.5, 0.6) is 11.5 Å². The van der Waals surface area contributed by atoms with Gasteiger partial charge >= 0.3 is 0 Å². The Bertz CT molecular complexity index is 655. The van der Waals surface area contributed by atoms with Gasteiger partial charge in [0, 0.05) is 36.3 Å². The van der Waals surface area contributed by atoms with Crippen LogP contribution in [0.3, 0.4) is 0 Å². The second-order valence-corrected chi connectivity index (χ2v) is 4.66. The van der Waals surface area contributed by atoms with Gasteiger partial charge in [-0.3, -0.25) is 15.1 Å². The molecular weight excluding hydrogens is 302 g/mol. The summed E-state index contributed by atoms with van der Waals surface area (Å²) in [5.74, 6) is 0.895.